The molecule has 1 fully saturated rings. The predicted octanol–water partition coefficient (Wildman–Crippen LogP) is 0.614. The van der Waals surface area contributed by atoms with Gasteiger partial charge in [0, 0.05) is 14.0 Å². The maximum atomic E-state index is 11.9. The number of hydrogen-bond acceptors (Lipinski definition) is 3. The number of aliphatic carboxylic acids is 1. The number of carboxylic acid groups (broad SMARTS) is 1. The second-order valence-electron chi connectivity index (χ2n) is 5.51. The van der Waals surface area contributed by atoms with Crippen molar-refractivity contribution in [2.45, 2.75) is 45.1 Å². The van der Waals surface area contributed by atoms with Crippen LogP contribution in [0.15, 0.2) is 0 Å². The van der Waals surface area contributed by atoms with Crippen molar-refractivity contribution in [3.05, 3.63) is 0 Å². The van der Waals surface area contributed by atoms with E-state index in [0.29, 0.717) is 12.8 Å². The van der Waals surface area contributed by atoms with Crippen LogP contribution in [0.1, 0.15) is 39.5 Å². The Labute approximate surface area is 113 Å². The van der Waals surface area contributed by atoms with Crippen LogP contribution in [-0.2, 0) is 14.4 Å². The van der Waals surface area contributed by atoms with E-state index < -0.39 is 17.4 Å². The van der Waals surface area contributed by atoms with Gasteiger partial charge < -0.3 is 15.3 Å². The zero-order valence-corrected chi connectivity index (χ0v) is 11.7. The van der Waals surface area contributed by atoms with Crippen molar-refractivity contribution in [1.29, 1.82) is 0 Å². The largest absolute Gasteiger partial charge is 0.480 e. The molecule has 0 heterocycles. The number of carboxylic acids is 1. The molecular weight excluding hydrogens is 248 g/mol. The molecule has 1 saturated carbocycles. The summed E-state index contributed by atoms with van der Waals surface area (Å²) in [6, 6.07) is 0. The van der Waals surface area contributed by atoms with Crippen LogP contribution in [0.25, 0.3) is 0 Å². The third-order valence-electron chi connectivity index (χ3n) is 3.70. The molecule has 2 atom stereocenters. The zero-order chi connectivity index (χ0) is 14.6. The molecule has 0 aliphatic heterocycles. The maximum absolute atomic E-state index is 11.9. The van der Waals surface area contributed by atoms with Crippen molar-refractivity contribution < 1.29 is 19.5 Å². The van der Waals surface area contributed by atoms with Crippen molar-refractivity contribution >= 4 is 17.8 Å². The van der Waals surface area contributed by atoms with E-state index in [0.717, 1.165) is 12.8 Å². The van der Waals surface area contributed by atoms with Gasteiger partial charge in [-0.15, -0.1) is 0 Å². The Balaban J connectivity index is 2.71. The molecule has 0 saturated heterocycles. The van der Waals surface area contributed by atoms with E-state index in [4.69, 9.17) is 0 Å². The van der Waals surface area contributed by atoms with Gasteiger partial charge in [-0.25, -0.2) is 4.79 Å². The summed E-state index contributed by atoms with van der Waals surface area (Å²) in [5.74, 6) is -1.36. The average Bonchev–Trinajstić information content (AvgIpc) is 2.28. The molecule has 6 heteroatoms. The van der Waals surface area contributed by atoms with Crippen LogP contribution in [0.4, 0.5) is 0 Å². The number of carbonyl (C=O) groups is 3. The molecule has 1 aliphatic rings. The lowest BCUT2D eigenvalue weighted by molar-refractivity contribution is -0.150. The number of nitrogens with zero attached hydrogens (tertiary/aromatic N) is 1. The van der Waals surface area contributed by atoms with Gasteiger partial charge in [-0.3, -0.25) is 9.59 Å². The number of likely N-dealkylation sites (N-methyl/N-ethyl adjacent to an activating group) is 1. The second kappa shape index (κ2) is 6.04. The first kappa shape index (κ1) is 15.5. The lowest BCUT2D eigenvalue weighted by atomic mass is 9.76. The monoisotopic (exact) mass is 270 g/mol. The summed E-state index contributed by atoms with van der Waals surface area (Å²) in [6.07, 6.45) is 2.66. The predicted molar refractivity (Wildman–Crippen MR) is 69.5 cm³/mol. The summed E-state index contributed by atoms with van der Waals surface area (Å²) in [7, 11) is 1.51. The first-order valence-electron chi connectivity index (χ1n) is 6.53. The zero-order valence-electron chi connectivity index (χ0n) is 11.7. The summed E-state index contributed by atoms with van der Waals surface area (Å²) in [5.41, 5.74) is -1.17. The van der Waals surface area contributed by atoms with Gasteiger partial charge in [-0.05, 0) is 18.8 Å². The van der Waals surface area contributed by atoms with Gasteiger partial charge >= 0.3 is 5.97 Å². The Morgan fingerprint density at radius 2 is 2.05 bits per heavy atom. The lowest BCUT2D eigenvalue weighted by Gasteiger charge is -2.37. The van der Waals surface area contributed by atoms with Gasteiger partial charge in [0.1, 0.15) is 5.54 Å². The lowest BCUT2D eigenvalue weighted by Crippen LogP contribution is -2.58. The Morgan fingerprint density at radius 1 is 1.42 bits per heavy atom. The SMILES string of the molecule is CC(=O)N(C)CC(=O)NC1(C(=O)O)CCCC(C)C1. The fourth-order valence-electron chi connectivity index (χ4n) is 2.55. The summed E-state index contributed by atoms with van der Waals surface area (Å²) in [5, 5.41) is 12.0. The second-order valence-corrected chi connectivity index (χ2v) is 5.51. The standard InChI is InChI=1S/C13H22N2O4/c1-9-5-4-6-13(7-9,12(18)19)14-11(17)8-15(3)10(2)16/h9H,4-8H2,1-3H3,(H,14,17)(H,18,19). The maximum Gasteiger partial charge on any atom is 0.329 e. The van der Waals surface area contributed by atoms with E-state index in [9.17, 15) is 19.5 Å². The smallest absolute Gasteiger partial charge is 0.329 e. The van der Waals surface area contributed by atoms with Crippen molar-refractivity contribution in [3.63, 3.8) is 0 Å². The highest BCUT2D eigenvalue weighted by molar-refractivity contribution is 5.89. The Kier molecular flexibility index (Phi) is 4.91. The van der Waals surface area contributed by atoms with Gasteiger partial charge in [0.05, 0.1) is 6.54 Å². The third kappa shape index (κ3) is 3.94. The van der Waals surface area contributed by atoms with Gasteiger partial charge in [-0.1, -0.05) is 19.8 Å². The summed E-state index contributed by atoms with van der Waals surface area (Å²) >= 11 is 0. The molecule has 6 nitrogen and oxygen atoms in total. The molecule has 0 spiro atoms. The molecule has 0 aromatic heterocycles. The van der Waals surface area contributed by atoms with Crippen molar-refractivity contribution in [2.75, 3.05) is 13.6 Å². The number of hydrogen-bond donors (Lipinski definition) is 2. The minimum atomic E-state index is -1.17. The minimum Gasteiger partial charge on any atom is -0.480 e. The Morgan fingerprint density at radius 3 is 2.53 bits per heavy atom. The van der Waals surface area contributed by atoms with Crippen LogP contribution >= 0.6 is 0 Å². The Bertz CT molecular complexity index is 383. The Hall–Kier alpha value is -1.59. The molecular formula is C13H22N2O4. The number of carbonyl (C=O) groups excluding carboxylic acids is 2. The fourth-order valence-corrected chi connectivity index (χ4v) is 2.55. The van der Waals surface area contributed by atoms with Crippen molar-refractivity contribution in [3.8, 4) is 0 Å². The van der Waals surface area contributed by atoms with Gasteiger partial charge in [0.25, 0.3) is 0 Å². The van der Waals surface area contributed by atoms with E-state index in [1.54, 1.807) is 0 Å². The molecule has 2 unspecified atom stereocenters. The van der Waals surface area contributed by atoms with Crippen LogP contribution < -0.4 is 5.32 Å². The normalized spacial score (nSPS) is 26.6. The number of amides is 2. The number of nitrogens with one attached hydrogen (secondary N) is 1. The minimum absolute atomic E-state index is 0.112. The fraction of sp³-hybridized carbons (Fsp3) is 0.769. The molecule has 0 radical (unpaired) electrons. The van der Waals surface area contributed by atoms with Crippen LogP contribution in [0, 0.1) is 5.92 Å². The average molecular weight is 270 g/mol. The van der Waals surface area contributed by atoms with Gasteiger partial charge in [0.2, 0.25) is 11.8 Å². The van der Waals surface area contributed by atoms with E-state index in [1.165, 1.54) is 18.9 Å². The first-order chi connectivity index (χ1) is 8.77. The van der Waals surface area contributed by atoms with Crippen molar-refractivity contribution in [1.82, 2.24) is 10.2 Å². The van der Waals surface area contributed by atoms with E-state index in [1.807, 2.05) is 6.92 Å². The van der Waals surface area contributed by atoms with Crippen LogP contribution in [-0.4, -0.2) is 46.9 Å². The quantitative estimate of drug-likeness (QED) is 0.783. The third-order valence-corrected chi connectivity index (χ3v) is 3.70. The molecule has 2 amide bonds. The van der Waals surface area contributed by atoms with Gasteiger partial charge in [0.15, 0.2) is 0 Å². The highest BCUT2D eigenvalue weighted by Crippen LogP contribution is 2.32. The summed E-state index contributed by atoms with van der Waals surface area (Å²) in [4.78, 5) is 35.7. The molecule has 1 aliphatic carbocycles. The summed E-state index contributed by atoms with van der Waals surface area (Å²) in [6.45, 7) is 3.24. The van der Waals surface area contributed by atoms with E-state index in [-0.39, 0.29) is 18.4 Å². The topological polar surface area (TPSA) is 86.7 Å². The molecule has 0 bridgehead atoms. The number of rotatable bonds is 4. The van der Waals surface area contributed by atoms with Crippen molar-refractivity contribution in [2.24, 2.45) is 5.92 Å². The summed E-state index contributed by atoms with van der Waals surface area (Å²) < 4.78 is 0. The molecule has 19 heavy (non-hydrogen) atoms. The van der Waals surface area contributed by atoms with Crippen LogP contribution in [0.2, 0.25) is 0 Å². The van der Waals surface area contributed by atoms with E-state index >= 15 is 0 Å². The first-order valence-corrected chi connectivity index (χ1v) is 6.53. The molecule has 2 N–H and O–H groups in total. The van der Waals surface area contributed by atoms with Crippen LogP contribution in [0.3, 0.4) is 0 Å². The van der Waals surface area contributed by atoms with Gasteiger partial charge in [-0.2, -0.15) is 0 Å². The highest BCUT2D eigenvalue weighted by Gasteiger charge is 2.43. The highest BCUT2D eigenvalue weighted by atomic mass is 16.4. The molecule has 1 rings (SSSR count). The molecule has 108 valence electrons. The molecule has 0 aromatic carbocycles. The van der Waals surface area contributed by atoms with E-state index in [2.05, 4.69) is 5.32 Å². The molecule has 0 aromatic rings. The van der Waals surface area contributed by atoms with Crippen LogP contribution in [0.5, 0.6) is 0 Å².